The van der Waals surface area contributed by atoms with Crippen LogP contribution in [0.2, 0.25) is 0 Å². The predicted octanol–water partition coefficient (Wildman–Crippen LogP) is 4.47. The molecule has 1 nitrogen and oxygen atoms in total. The zero-order valence-electron chi connectivity index (χ0n) is 13.0. The molecule has 1 aliphatic heterocycles. The van der Waals surface area contributed by atoms with Crippen molar-refractivity contribution < 1.29 is 4.48 Å². The van der Waals surface area contributed by atoms with Crippen molar-refractivity contribution in [2.24, 2.45) is 17.8 Å². The molecule has 0 spiro atoms. The summed E-state index contributed by atoms with van der Waals surface area (Å²) in [5.74, 6) is 3.21. The fourth-order valence-corrected chi connectivity index (χ4v) is 4.33. The molecule has 0 amide bonds. The first-order chi connectivity index (χ1) is 8.61. The maximum Gasteiger partial charge on any atom is 0.0785 e. The number of quaternary nitrogens is 1. The van der Waals surface area contributed by atoms with E-state index in [1.165, 1.54) is 68.9 Å². The van der Waals surface area contributed by atoms with E-state index in [0.29, 0.717) is 0 Å². The van der Waals surface area contributed by atoms with Gasteiger partial charge in [-0.05, 0) is 37.0 Å². The van der Waals surface area contributed by atoms with E-state index in [-0.39, 0.29) is 0 Å². The highest BCUT2D eigenvalue weighted by Gasteiger charge is 2.32. The maximum atomic E-state index is 2.40. The first kappa shape index (κ1) is 14.4. The van der Waals surface area contributed by atoms with Gasteiger partial charge >= 0.3 is 0 Å². The molecular formula is C17H34N+. The normalized spacial score (nSPS) is 34.2. The largest absolute Gasteiger partial charge is 0.328 e. The first-order valence-electron chi connectivity index (χ1n) is 8.43. The number of hydrogen-bond donors (Lipinski definition) is 0. The van der Waals surface area contributed by atoms with Crippen molar-refractivity contribution in [2.75, 3.05) is 27.2 Å². The zero-order chi connectivity index (χ0) is 13.0. The molecule has 2 fully saturated rings. The Morgan fingerprint density at radius 2 is 1.50 bits per heavy atom. The van der Waals surface area contributed by atoms with Crippen LogP contribution in [0.5, 0.6) is 0 Å². The summed E-state index contributed by atoms with van der Waals surface area (Å²) in [7, 11) is 4.81. The summed E-state index contributed by atoms with van der Waals surface area (Å²) >= 11 is 0. The van der Waals surface area contributed by atoms with Crippen molar-refractivity contribution in [2.45, 2.75) is 64.7 Å². The van der Waals surface area contributed by atoms with Gasteiger partial charge in [0.25, 0.3) is 0 Å². The SMILES string of the molecule is CCCC1CCCC(C2CC[N+](C)(C)CC2)CC1. The van der Waals surface area contributed by atoms with Gasteiger partial charge in [-0.25, -0.2) is 0 Å². The quantitative estimate of drug-likeness (QED) is 0.513. The first-order valence-corrected chi connectivity index (χ1v) is 8.43. The lowest BCUT2D eigenvalue weighted by atomic mass is 9.79. The Labute approximate surface area is 115 Å². The summed E-state index contributed by atoms with van der Waals surface area (Å²) < 4.78 is 1.27. The van der Waals surface area contributed by atoms with Crippen LogP contribution in [0.1, 0.15) is 64.7 Å². The van der Waals surface area contributed by atoms with Gasteiger partial charge in [0.1, 0.15) is 0 Å². The van der Waals surface area contributed by atoms with Crippen LogP contribution in [0.25, 0.3) is 0 Å². The molecule has 0 bridgehead atoms. The second-order valence-corrected chi connectivity index (χ2v) is 7.64. The molecule has 1 aliphatic carbocycles. The van der Waals surface area contributed by atoms with Crippen molar-refractivity contribution in [1.29, 1.82) is 0 Å². The third kappa shape index (κ3) is 3.98. The van der Waals surface area contributed by atoms with Crippen LogP contribution in [0.15, 0.2) is 0 Å². The van der Waals surface area contributed by atoms with Gasteiger partial charge in [0, 0.05) is 0 Å². The average molecular weight is 252 g/mol. The van der Waals surface area contributed by atoms with E-state index < -0.39 is 0 Å². The van der Waals surface area contributed by atoms with Crippen molar-refractivity contribution in [3.05, 3.63) is 0 Å². The summed E-state index contributed by atoms with van der Waals surface area (Å²) in [6.07, 6.45) is 13.5. The molecule has 1 saturated carbocycles. The van der Waals surface area contributed by atoms with E-state index in [2.05, 4.69) is 21.0 Å². The lowest BCUT2D eigenvalue weighted by Crippen LogP contribution is -2.47. The van der Waals surface area contributed by atoms with Crippen molar-refractivity contribution in [3.63, 3.8) is 0 Å². The Morgan fingerprint density at radius 3 is 2.17 bits per heavy atom. The van der Waals surface area contributed by atoms with Crippen LogP contribution in [0.4, 0.5) is 0 Å². The second-order valence-electron chi connectivity index (χ2n) is 7.64. The van der Waals surface area contributed by atoms with E-state index in [1.54, 1.807) is 6.42 Å². The summed E-state index contributed by atoms with van der Waals surface area (Å²) in [6.45, 7) is 5.18. The highest BCUT2D eigenvalue weighted by molar-refractivity contribution is 4.77. The van der Waals surface area contributed by atoms with Gasteiger partial charge in [-0.3, -0.25) is 0 Å². The van der Waals surface area contributed by atoms with E-state index >= 15 is 0 Å². The summed E-state index contributed by atoms with van der Waals surface area (Å²) in [6, 6.07) is 0. The van der Waals surface area contributed by atoms with E-state index in [1.807, 2.05) is 0 Å². The minimum atomic E-state index is 1.07. The molecule has 0 N–H and O–H groups in total. The topological polar surface area (TPSA) is 0 Å². The molecule has 0 aromatic carbocycles. The molecule has 2 rings (SSSR count). The minimum absolute atomic E-state index is 1.07. The molecule has 1 heterocycles. The summed E-state index contributed by atoms with van der Waals surface area (Å²) in [4.78, 5) is 0. The molecule has 18 heavy (non-hydrogen) atoms. The highest BCUT2D eigenvalue weighted by atomic mass is 15.3. The molecule has 106 valence electrons. The third-order valence-electron chi connectivity index (χ3n) is 5.71. The standard InChI is InChI=1S/C17H34N/c1-4-6-15-7-5-8-16(10-9-15)17-11-13-18(2,3)14-12-17/h15-17H,4-14H2,1-3H3/q+1. The minimum Gasteiger partial charge on any atom is -0.328 e. The van der Waals surface area contributed by atoms with Gasteiger partial charge in [0.2, 0.25) is 0 Å². The Hall–Kier alpha value is -0.0400. The maximum absolute atomic E-state index is 2.40. The van der Waals surface area contributed by atoms with Crippen LogP contribution < -0.4 is 0 Å². The molecule has 2 aliphatic rings. The number of likely N-dealkylation sites (tertiary alicyclic amines) is 1. The molecule has 1 heteroatoms. The van der Waals surface area contributed by atoms with Gasteiger partial charge in [-0.1, -0.05) is 45.4 Å². The molecule has 0 aromatic heterocycles. The monoisotopic (exact) mass is 252 g/mol. The molecule has 1 saturated heterocycles. The lowest BCUT2D eigenvalue weighted by molar-refractivity contribution is -0.896. The predicted molar refractivity (Wildman–Crippen MR) is 79.5 cm³/mol. The van der Waals surface area contributed by atoms with Gasteiger partial charge in [0.05, 0.1) is 27.2 Å². The Bertz CT molecular complexity index is 236. The Morgan fingerprint density at radius 1 is 0.833 bits per heavy atom. The molecule has 0 aromatic rings. The van der Waals surface area contributed by atoms with E-state index in [4.69, 9.17) is 0 Å². The zero-order valence-corrected chi connectivity index (χ0v) is 13.0. The van der Waals surface area contributed by atoms with E-state index in [0.717, 1.165) is 17.8 Å². The molecule has 2 atom stereocenters. The van der Waals surface area contributed by atoms with Crippen LogP contribution in [-0.4, -0.2) is 31.7 Å². The summed E-state index contributed by atoms with van der Waals surface area (Å²) in [5.41, 5.74) is 0. The highest BCUT2D eigenvalue weighted by Crippen LogP contribution is 2.38. The fourth-order valence-electron chi connectivity index (χ4n) is 4.33. The number of nitrogens with zero attached hydrogens (tertiary/aromatic N) is 1. The van der Waals surface area contributed by atoms with Gasteiger partial charge in [-0.15, -0.1) is 0 Å². The Balaban J connectivity index is 1.80. The fraction of sp³-hybridized carbons (Fsp3) is 1.00. The van der Waals surface area contributed by atoms with Gasteiger partial charge in [-0.2, -0.15) is 0 Å². The second kappa shape index (κ2) is 6.41. The van der Waals surface area contributed by atoms with E-state index in [9.17, 15) is 0 Å². The number of piperidine rings is 1. The molecule has 2 unspecified atom stereocenters. The van der Waals surface area contributed by atoms with Gasteiger partial charge in [0.15, 0.2) is 0 Å². The van der Waals surface area contributed by atoms with Crippen LogP contribution in [0.3, 0.4) is 0 Å². The van der Waals surface area contributed by atoms with Crippen LogP contribution >= 0.6 is 0 Å². The number of hydrogen-bond acceptors (Lipinski definition) is 0. The summed E-state index contributed by atoms with van der Waals surface area (Å²) in [5, 5.41) is 0. The van der Waals surface area contributed by atoms with Crippen molar-refractivity contribution in [1.82, 2.24) is 0 Å². The smallest absolute Gasteiger partial charge is 0.0785 e. The van der Waals surface area contributed by atoms with Crippen LogP contribution in [0, 0.1) is 17.8 Å². The Kier molecular flexibility index (Phi) is 5.12. The lowest BCUT2D eigenvalue weighted by Gasteiger charge is -2.39. The van der Waals surface area contributed by atoms with Gasteiger partial charge < -0.3 is 4.48 Å². The molecule has 0 radical (unpaired) electrons. The van der Waals surface area contributed by atoms with Crippen molar-refractivity contribution >= 4 is 0 Å². The van der Waals surface area contributed by atoms with Crippen LogP contribution in [-0.2, 0) is 0 Å². The van der Waals surface area contributed by atoms with Crippen molar-refractivity contribution in [3.8, 4) is 0 Å². The number of rotatable bonds is 3. The third-order valence-corrected chi connectivity index (χ3v) is 5.71. The molecular weight excluding hydrogens is 218 g/mol. The average Bonchev–Trinajstić information content (AvgIpc) is 2.56.